The van der Waals surface area contributed by atoms with Crippen LogP contribution in [-0.4, -0.2) is 37.0 Å². The second kappa shape index (κ2) is 6.43. The fourth-order valence-electron chi connectivity index (χ4n) is 2.71. The van der Waals surface area contributed by atoms with Gasteiger partial charge in [-0.1, -0.05) is 24.1 Å². The first-order valence-corrected chi connectivity index (χ1v) is 8.67. The van der Waals surface area contributed by atoms with Crippen molar-refractivity contribution in [2.75, 3.05) is 13.2 Å². The van der Waals surface area contributed by atoms with Gasteiger partial charge in [-0.2, -0.15) is 4.31 Å². The van der Waals surface area contributed by atoms with Crippen molar-refractivity contribution in [1.82, 2.24) is 4.31 Å². The van der Waals surface area contributed by atoms with E-state index in [0.717, 1.165) is 19.3 Å². The van der Waals surface area contributed by atoms with Crippen LogP contribution in [0, 0.1) is 6.92 Å². The van der Waals surface area contributed by atoms with Gasteiger partial charge in [0.2, 0.25) is 10.0 Å². The summed E-state index contributed by atoms with van der Waals surface area (Å²) in [5.74, 6) is 0. The maximum atomic E-state index is 12.8. The van der Waals surface area contributed by atoms with Gasteiger partial charge < -0.3 is 5.11 Å². The lowest BCUT2D eigenvalue weighted by atomic mass is 10.0. The van der Waals surface area contributed by atoms with Gasteiger partial charge in [0, 0.05) is 24.2 Å². The summed E-state index contributed by atoms with van der Waals surface area (Å²) >= 11 is 5.94. The Hall–Kier alpha value is -0.620. The van der Waals surface area contributed by atoms with Crippen molar-refractivity contribution in [2.45, 2.75) is 43.5 Å². The molecule has 1 aromatic carbocycles. The summed E-state index contributed by atoms with van der Waals surface area (Å²) in [6.07, 6.45) is 3.16. The van der Waals surface area contributed by atoms with Gasteiger partial charge in [-0.3, -0.25) is 0 Å². The summed E-state index contributed by atoms with van der Waals surface area (Å²) in [6, 6.07) is 4.81. The molecule has 0 bridgehead atoms. The van der Waals surface area contributed by atoms with Crippen LogP contribution in [0.4, 0.5) is 0 Å². The predicted molar refractivity (Wildman–Crippen MR) is 79.4 cm³/mol. The molecule has 2 rings (SSSR count). The summed E-state index contributed by atoms with van der Waals surface area (Å²) in [6.45, 7) is 2.29. The van der Waals surface area contributed by atoms with Crippen LogP contribution in [-0.2, 0) is 10.0 Å². The monoisotopic (exact) mass is 317 g/mol. The summed E-state index contributed by atoms with van der Waals surface area (Å²) in [5.41, 5.74) is 0.697. The lowest BCUT2D eigenvalue weighted by molar-refractivity contribution is 0.192. The van der Waals surface area contributed by atoms with Crippen LogP contribution in [0.25, 0.3) is 0 Å². The number of sulfonamides is 1. The SMILES string of the molecule is Cc1ccc(Cl)cc1S(=O)(=O)N1CCCCC1CCO. The van der Waals surface area contributed by atoms with Gasteiger partial charge in [0.15, 0.2) is 0 Å². The van der Waals surface area contributed by atoms with Crippen molar-refractivity contribution in [2.24, 2.45) is 0 Å². The standard InChI is InChI=1S/C14H20ClNO3S/c1-11-5-6-12(15)10-14(11)20(18,19)16-8-3-2-4-13(16)7-9-17/h5-6,10,13,17H,2-4,7-9H2,1H3. The smallest absolute Gasteiger partial charge is 0.243 e. The number of halogens is 1. The van der Waals surface area contributed by atoms with Crippen LogP contribution in [0.15, 0.2) is 23.1 Å². The van der Waals surface area contributed by atoms with Crippen molar-refractivity contribution in [1.29, 1.82) is 0 Å². The topological polar surface area (TPSA) is 57.6 Å². The minimum absolute atomic E-state index is 0.00517. The average Bonchev–Trinajstić information content (AvgIpc) is 2.42. The van der Waals surface area contributed by atoms with Gasteiger partial charge in [-0.05, 0) is 43.9 Å². The highest BCUT2D eigenvalue weighted by molar-refractivity contribution is 7.89. The Morgan fingerprint density at radius 3 is 2.85 bits per heavy atom. The molecular formula is C14H20ClNO3S. The third-order valence-corrected chi connectivity index (χ3v) is 6.10. The molecule has 0 aliphatic carbocycles. The van der Waals surface area contributed by atoms with Crippen molar-refractivity contribution in [3.05, 3.63) is 28.8 Å². The third kappa shape index (κ3) is 3.17. The minimum Gasteiger partial charge on any atom is -0.396 e. The normalized spacial score (nSPS) is 21.1. The molecule has 0 amide bonds. The molecule has 6 heteroatoms. The molecule has 0 radical (unpaired) electrons. The Morgan fingerprint density at radius 2 is 2.15 bits per heavy atom. The largest absolute Gasteiger partial charge is 0.396 e. The number of nitrogens with zero attached hydrogens (tertiary/aromatic N) is 1. The fourth-order valence-corrected chi connectivity index (χ4v) is 4.92. The zero-order valence-corrected chi connectivity index (χ0v) is 13.1. The molecular weight excluding hydrogens is 298 g/mol. The molecule has 0 spiro atoms. The van der Waals surface area contributed by atoms with Crippen molar-refractivity contribution in [3.63, 3.8) is 0 Å². The highest BCUT2D eigenvalue weighted by Gasteiger charge is 2.33. The van der Waals surface area contributed by atoms with E-state index in [1.54, 1.807) is 19.1 Å². The van der Waals surface area contributed by atoms with Gasteiger partial charge in [0.1, 0.15) is 0 Å². The number of rotatable bonds is 4. The van der Waals surface area contributed by atoms with E-state index in [4.69, 9.17) is 16.7 Å². The molecule has 1 aliphatic rings. The average molecular weight is 318 g/mol. The highest BCUT2D eigenvalue weighted by Crippen LogP contribution is 2.29. The summed E-state index contributed by atoms with van der Waals surface area (Å²) in [4.78, 5) is 0.273. The van der Waals surface area contributed by atoms with E-state index in [0.29, 0.717) is 23.6 Å². The lowest BCUT2D eigenvalue weighted by Crippen LogP contribution is -2.44. The van der Waals surface area contributed by atoms with E-state index >= 15 is 0 Å². The molecule has 112 valence electrons. The van der Waals surface area contributed by atoms with Crippen LogP contribution >= 0.6 is 11.6 Å². The summed E-state index contributed by atoms with van der Waals surface area (Å²) < 4.78 is 27.2. The van der Waals surface area contributed by atoms with Crippen molar-refractivity contribution in [3.8, 4) is 0 Å². The molecule has 1 aromatic rings. The number of hydrogen-bond donors (Lipinski definition) is 1. The molecule has 1 heterocycles. The van der Waals surface area contributed by atoms with Gasteiger partial charge in [-0.15, -0.1) is 0 Å². The maximum Gasteiger partial charge on any atom is 0.243 e. The lowest BCUT2D eigenvalue weighted by Gasteiger charge is -2.34. The van der Waals surface area contributed by atoms with Gasteiger partial charge in [0.25, 0.3) is 0 Å². The third-order valence-electron chi connectivity index (χ3n) is 3.77. The highest BCUT2D eigenvalue weighted by atomic mass is 35.5. The summed E-state index contributed by atoms with van der Waals surface area (Å²) in [7, 11) is -3.55. The number of hydrogen-bond acceptors (Lipinski definition) is 3. The Kier molecular flexibility index (Phi) is 5.07. The molecule has 1 fully saturated rings. The first-order valence-electron chi connectivity index (χ1n) is 6.85. The zero-order chi connectivity index (χ0) is 14.8. The Labute approximate surface area is 125 Å². The molecule has 1 unspecified atom stereocenters. The van der Waals surface area contributed by atoms with E-state index in [-0.39, 0.29) is 17.5 Å². The molecule has 0 aromatic heterocycles. The van der Waals surface area contributed by atoms with Gasteiger partial charge >= 0.3 is 0 Å². The summed E-state index contributed by atoms with van der Waals surface area (Å²) in [5, 5.41) is 9.55. The van der Waals surface area contributed by atoms with Crippen LogP contribution in [0.3, 0.4) is 0 Å². The molecule has 20 heavy (non-hydrogen) atoms. The van der Waals surface area contributed by atoms with Crippen LogP contribution in [0.5, 0.6) is 0 Å². The van der Waals surface area contributed by atoms with Crippen molar-refractivity contribution < 1.29 is 13.5 Å². The van der Waals surface area contributed by atoms with Crippen LogP contribution < -0.4 is 0 Å². The first kappa shape index (κ1) is 15.8. The second-order valence-electron chi connectivity index (χ2n) is 5.19. The molecule has 1 N–H and O–H groups in total. The molecule has 4 nitrogen and oxygen atoms in total. The first-order chi connectivity index (χ1) is 9.46. The number of aryl methyl sites for hydroxylation is 1. The van der Waals surface area contributed by atoms with E-state index in [1.165, 1.54) is 10.4 Å². The number of benzene rings is 1. The van der Waals surface area contributed by atoms with Gasteiger partial charge in [0.05, 0.1) is 4.90 Å². The molecule has 1 saturated heterocycles. The molecule has 1 atom stereocenters. The van der Waals surface area contributed by atoms with Crippen LogP contribution in [0.1, 0.15) is 31.2 Å². The number of piperidine rings is 1. The zero-order valence-electron chi connectivity index (χ0n) is 11.5. The fraction of sp³-hybridized carbons (Fsp3) is 0.571. The number of aliphatic hydroxyl groups excluding tert-OH is 1. The predicted octanol–water partition coefficient (Wildman–Crippen LogP) is 2.57. The molecule has 1 aliphatic heterocycles. The van der Waals surface area contributed by atoms with Gasteiger partial charge in [-0.25, -0.2) is 8.42 Å². The Bertz CT molecular complexity index is 572. The Morgan fingerprint density at radius 1 is 1.40 bits per heavy atom. The maximum absolute atomic E-state index is 12.8. The van der Waals surface area contributed by atoms with Crippen molar-refractivity contribution >= 4 is 21.6 Å². The van der Waals surface area contributed by atoms with E-state index in [9.17, 15) is 8.42 Å². The number of aliphatic hydroxyl groups is 1. The second-order valence-corrected chi connectivity index (χ2v) is 7.48. The quantitative estimate of drug-likeness (QED) is 0.928. The van der Waals surface area contributed by atoms with Crippen LogP contribution in [0.2, 0.25) is 5.02 Å². The molecule has 0 saturated carbocycles. The van der Waals surface area contributed by atoms with E-state index in [2.05, 4.69) is 0 Å². The minimum atomic E-state index is -3.55. The van der Waals surface area contributed by atoms with E-state index in [1.807, 2.05) is 0 Å². The Balaban J connectivity index is 2.39. The van der Waals surface area contributed by atoms with E-state index < -0.39 is 10.0 Å².